The number of anilines is 1. The summed E-state index contributed by atoms with van der Waals surface area (Å²) >= 11 is 0. The van der Waals surface area contributed by atoms with Gasteiger partial charge in [0.05, 0.1) is 24.0 Å². The van der Waals surface area contributed by atoms with E-state index in [4.69, 9.17) is 0 Å². The monoisotopic (exact) mass is 433 g/mol. The number of urea groups is 1. The minimum Gasteiger partial charge on any atom is -0.318 e. The predicted molar refractivity (Wildman–Crippen MR) is 115 cm³/mol. The van der Waals surface area contributed by atoms with E-state index in [2.05, 4.69) is 5.32 Å². The van der Waals surface area contributed by atoms with E-state index >= 15 is 0 Å². The van der Waals surface area contributed by atoms with E-state index in [1.54, 1.807) is 12.1 Å². The molecule has 5 rings (SSSR count). The van der Waals surface area contributed by atoms with Gasteiger partial charge in [-0.1, -0.05) is 30.3 Å². The minimum absolute atomic E-state index is 0.0228. The van der Waals surface area contributed by atoms with Gasteiger partial charge in [0.2, 0.25) is 0 Å². The Labute approximate surface area is 182 Å². The number of halogens is 3. The maximum atomic E-state index is 14.2. The van der Waals surface area contributed by atoms with Crippen molar-refractivity contribution in [3.63, 3.8) is 0 Å². The van der Waals surface area contributed by atoms with Crippen molar-refractivity contribution in [2.75, 3.05) is 5.32 Å². The van der Waals surface area contributed by atoms with Crippen LogP contribution in [0.3, 0.4) is 0 Å². The second kappa shape index (κ2) is 7.92. The van der Waals surface area contributed by atoms with Crippen LogP contribution >= 0.6 is 0 Å². The summed E-state index contributed by atoms with van der Waals surface area (Å²) < 4.78 is 44.4. The number of fused-ring (bicyclic) bond motifs is 3. The maximum absolute atomic E-state index is 14.2. The minimum atomic E-state index is -0.811. The Morgan fingerprint density at radius 2 is 1.59 bits per heavy atom. The van der Waals surface area contributed by atoms with E-state index < -0.39 is 29.5 Å². The van der Waals surface area contributed by atoms with Gasteiger partial charge in [-0.05, 0) is 53.6 Å². The SMILES string of the molecule is O=C(Nc1ccccc1F)N1Cc2ccccc2-n2cccc2[C@H]1c1cc(F)cc(F)c1. The van der Waals surface area contributed by atoms with Gasteiger partial charge in [-0.25, -0.2) is 18.0 Å². The van der Waals surface area contributed by atoms with E-state index in [0.29, 0.717) is 5.69 Å². The molecule has 7 heteroatoms. The number of carbonyl (C=O) groups excluding carboxylic acids is 1. The lowest BCUT2D eigenvalue weighted by Gasteiger charge is -2.31. The predicted octanol–water partition coefficient (Wildman–Crippen LogP) is 6.03. The highest BCUT2D eigenvalue weighted by Crippen LogP contribution is 2.37. The number of hydrogen-bond donors (Lipinski definition) is 1. The van der Waals surface area contributed by atoms with Gasteiger partial charge in [0, 0.05) is 18.0 Å². The topological polar surface area (TPSA) is 37.3 Å². The Hall–Kier alpha value is -4.00. The number of nitrogens with one attached hydrogen (secondary N) is 1. The average molecular weight is 433 g/mol. The highest BCUT2D eigenvalue weighted by Gasteiger charge is 2.33. The zero-order valence-electron chi connectivity index (χ0n) is 16.8. The Bertz CT molecular complexity index is 1300. The van der Waals surface area contributed by atoms with Crippen LogP contribution in [-0.4, -0.2) is 15.5 Å². The van der Waals surface area contributed by atoms with Gasteiger partial charge in [0.15, 0.2) is 0 Å². The molecule has 0 radical (unpaired) electrons. The molecule has 0 fully saturated rings. The Balaban J connectivity index is 1.67. The summed E-state index contributed by atoms with van der Waals surface area (Å²) in [5.74, 6) is -2.06. The molecule has 1 aromatic heterocycles. The van der Waals surface area contributed by atoms with Crippen LogP contribution in [0.15, 0.2) is 85.1 Å². The summed E-state index contributed by atoms with van der Waals surface area (Å²) in [6, 6.07) is 18.8. The summed E-state index contributed by atoms with van der Waals surface area (Å²) in [6.07, 6.45) is 1.84. The molecule has 0 spiro atoms. The van der Waals surface area contributed by atoms with E-state index in [1.807, 2.05) is 41.1 Å². The average Bonchev–Trinajstić information content (AvgIpc) is 3.18. The number of rotatable bonds is 2. The fourth-order valence-corrected chi connectivity index (χ4v) is 4.17. The first-order chi connectivity index (χ1) is 15.5. The van der Waals surface area contributed by atoms with Crippen LogP contribution in [0.25, 0.3) is 5.69 Å². The van der Waals surface area contributed by atoms with Crippen LogP contribution in [0.1, 0.15) is 22.9 Å². The highest BCUT2D eigenvalue weighted by molar-refractivity contribution is 5.90. The fourth-order valence-electron chi connectivity index (χ4n) is 4.17. The van der Waals surface area contributed by atoms with Crippen LogP contribution in [0.5, 0.6) is 0 Å². The molecule has 4 nitrogen and oxygen atoms in total. The smallest absolute Gasteiger partial charge is 0.318 e. The molecule has 0 bridgehead atoms. The van der Waals surface area contributed by atoms with Crippen molar-refractivity contribution in [2.24, 2.45) is 0 Å². The van der Waals surface area contributed by atoms with E-state index in [9.17, 15) is 18.0 Å². The third-order valence-electron chi connectivity index (χ3n) is 5.54. The number of amides is 2. The summed E-state index contributed by atoms with van der Waals surface area (Å²) in [5.41, 5.74) is 2.65. The summed E-state index contributed by atoms with van der Waals surface area (Å²) in [4.78, 5) is 14.9. The lowest BCUT2D eigenvalue weighted by Crippen LogP contribution is -2.38. The molecular weight excluding hydrogens is 415 g/mol. The van der Waals surface area contributed by atoms with Crippen molar-refractivity contribution in [3.05, 3.63) is 119 Å². The first kappa shape index (κ1) is 19.9. The van der Waals surface area contributed by atoms with Gasteiger partial charge in [0.1, 0.15) is 17.5 Å². The second-order valence-electron chi connectivity index (χ2n) is 7.57. The normalized spacial score (nSPS) is 15.0. The standard InChI is InChI=1S/C25H18F3N3O/c26-18-12-17(13-19(27)14-18)24-23-10-5-11-30(23)22-9-4-1-6-16(22)15-31(24)25(32)29-21-8-3-2-7-20(21)28/h1-14,24H,15H2,(H,29,32)/t24-/m1/s1. The molecule has 2 amide bonds. The van der Waals surface area contributed by atoms with E-state index in [0.717, 1.165) is 17.3 Å². The van der Waals surface area contributed by atoms with Crippen LogP contribution in [0, 0.1) is 17.5 Å². The number of para-hydroxylation sites is 2. The molecular formula is C25H18F3N3O. The molecule has 0 aliphatic carbocycles. The quantitative estimate of drug-likeness (QED) is 0.412. The zero-order valence-corrected chi connectivity index (χ0v) is 16.8. The number of benzene rings is 3. The van der Waals surface area contributed by atoms with Crippen molar-refractivity contribution in [1.29, 1.82) is 0 Å². The van der Waals surface area contributed by atoms with Crippen LogP contribution in [0.2, 0.25) is 0 Å². The summed E-state index contributed by atoms with van der Waals surface area (Å²) in [6.45, 7) is 0.154. The third-order valence-corrected chi connectivity index (χ3v) is 5.54. The largest absolute Gasteiger partial charge is 0.323 e. The first-order valence-electron chi connectivity index (χ1n) is 10.0. The molecule has 1 aliphatic rings. The van der Waals surface area contributed by atoms with Gasteiger partial charge in [-0.15, -0.1) is 0 Å². The molecule has 3 aromatic carbocycles. The van der Waals surface area contributed by atoms with Crippen molar-refractivity contribution < 1.29 is 18.0 Å². The molecule has 0 unspecified atom stereocenters. The zero-order chi connectivity index (χ0) is 22.2. The Morgan fingerprint density at radius 1 is 0.875 bits per heavy atom. The number of carbonyl (C=O) groups is 1. The number of hydrogen-bond acceptors (Lipinski definition) is 1. The highest BCUT2D eigenvalue weighted by atomic mass is 19.1. The second-order valence-corrected chi connectivity index (χ2v) is 7.57. The van der Waals surface area contributed by atoms with Gasteiger partial charge >= 0.3 is 6.03 Å². The molecule has 0 saturated heterocycles. The van der Waals surface area contributed by atoms with Gasteiger partial charge in [-0.2, -0.15) is 0 Å². The molecule has 0 saturated carbocycles. The fraction of sp³-hybridized carbons (Fsp3) is 0.0800. The third kappa shape index (κ3) is 3.51. The molecule has 1 atom stereocenters. The maximum Gasteiger partial charge on any atom is 0.323 e. The van der Waals surface area contributed by atoms with Crippen molar-refractivity contribution >= 4 is 11.7 Å². The van der Waals surface area contributed by atoms with Gasteiger partial charge < -0.3 is 14.8 Å². The summed E-state index contributed by atoms with van der Waals surface area (Å²) in [7, 11) is 0. The lowest BCUT2D eigenvalue weighted by molar-refractivity contribution is 0.194. The molecule has 4 aromatic rings. The number of aromatic nitrogens is 1. The number of nitrogens with zero attached hydrogens (tertiary/aromatic N) is 2. The van der Waals surface area contributed by atoms with Crippen molar-refractivity contribution in [2.45, 2.75) is 12.6 Å². The first-order valence-corrected chi connectivity index (χ1v) is 10.0. The molecule has 2 heterocycles. The van der Waals surface area contributed by atoms with Crippen molar-refractivity contribution in [1.82, 2.24) is 9.47 Å². The van der Waals surface area contributed by atoms with Crippen molar-refractivity contribution in [3.8, 4) is 5.69 Å². The van der Waals surface area contributed by atoms with E-state index in [-0.39, 0.29) is 17.8 Å². The van der Waals surface area contributed by atoms with Crippen LogP contribution < -0.4 is 5.32 Å². The Kier molecular flexibility index (Phi) is 4.93. The van der Waals surface area contributed by atoms with Crippen LogP contribution in [-0.2, 0) is 6.54 Å². The van der Waals surface area contributed by atoms with E-state index in [1.165, 1.54) is 35.2 Å². The molecule has 1 aliphatic heterocycles. The van der Waals surface area contributed by atoms with Gasteiger partial charge in [-0.3, -0.25) is 0 Å². The molecule has 160 valence electrons. The molecule has 1 N–H and O–H groups in total. The Morgan fingerprint density at radius 3 is 2.38 bits per heavy atom. The van der Waals surface area contributed by atoms with Gasteiger partial charge in [0.25, 0.3) is 0 Å². The summed E-state index contributed by atoms with van der Waals surface area (Å²) in [5, 5.41) is 2.61. The van der Waals surface area contributed by atoms with Crippen LogP contribution in [0.4, 0.5) is 23.7 Å². The molecule has 32 heavy (non-hydrogen) atoms. The lowest BCUT2D eigenvalue weighted by atomic mass is 10.0.